The van der Waals surface area contributed by atoms with Crippen molar-refractivity contribution >= 4 is 16.0 Å². The molecular formula is C20H21NO5S. The number of rotatable bonds is 6. The summed E-state index contributed by atoms with van der Waals surface area (Å²) in [5.74, 6) is 0.143. The van der Waals surface area contributed by atoms with Crippen LogP contribution in [-0.4, -0.2) is 38.9 Å². The van der Waals surface area contributed by atoms with Crippen molar-refractivity contribution in [1.29, 1.82) is 0 Å². The number of benzene rings is 2. The van der Waals surface area contributed by atoms with Gasteiger partial charge in [-0.3, -0.25) is 4.79 Å². The van der Waals surface area contributed by atoms with Crippen molar-refractivity contribution in [3.05, 3.63) is 72.3 Å². The monoisotopic (exact) mass is 387 g/mol. The van der Waals surface area contributed by atoms with Gasteiger partial charge in [-0.15, -0.1) is 6.58 Å². The van der Waals surface area contributed by atoms with E-state index in [-0.39, 0.29) is 29.3 Å². The predicted octanol–water partition coefficient (Wildman–Crippen LogP) is 2.85. The Morgan fingerprint density at radius 3 is 2.48 bits per heavy atom. The predicted molar refractivity (Wildman–Crippen MR) is 101 cm³/mol. The number of hydrogen-bond acceptors (Lipinski definition) is 5. The maximum atomic E-state index is 12.4. The van der Waals surface area contributed by atoms with Crippen LogP contribution in [0.15, 0.2) is 66.1 Å². The molecule has 0 aromatic heterocycles. The fourth-order valence-electron chi connectivity index (χ4n) is 2.77. The highest BCUT2D eigenvalue weighted by molar-refractivity contribution is 7.87. The lowest BCUT2D eigenvalue weighted by Gasteiger charge is -2.32. The Hall–Kier alpha value is -2.64. The first kappa shape index (κ1) is 19.1. The van der Waals surface area contributed by atoms with Crippen LogP contribution in [0.5, 0.6) is 5.75 Å². The van der Waals surface area contributed by atoms with Crippen molar-refractivity contribution < 1.29 is 22.1 Å². The molecule has 1 amide bonds. The molecule has 0 spiro atoms. The van der Waals surface area contributed by atoms with Gasteiger partial charge in [0.05, 0.1) is 6.54 Å². The summed E-state index contributed by atoms with van der Waals surface area (Å²) in [6, 6.07) is 13.1. The molecule has 1 atom stereocenters. The molecule has 1 heterocycles. The Morgan fingerprint density at radius 2 is 1.85 bits per heavy atom. The second-order valence-electron chi connectivity index (χ2n) is 6.31. The van der Waals surface area contributed by atoms with E-state index in [0.29, 0.717) is 13.1 Å². The van der Waals surface area contributed by atoms with Gasteiger partial charge < -0.3 is 13.8 Å². The van der Waals surface area contributed by atoms with Gasteiger partial charge in [0.1, 0.15) is 23.4 Å². The lowest BCUT2D eigenvalue weighted by atomic mass is 10.1. The summed E-state index contributed by atoms with van der Waals surface area (Å²) >= 11 is 0. The number of amides is 1. The molecule has 142 valence electrons. The summed E-state index contributed by atoms with van der Waals surface area (Å²) in [7, 11) is -3.89. The van der Waals surface area contributed by atoms with E-state index in [1.54, 1.807) is 47.4 Å². The summed E-state index contributed by atoms with van der Waals surface area (Å²) in [4.78, 5) is 13.6. The van der Waals surface area contributed by atoms with E-state index in [2.05, 4.69) is 6.58 Å². The van der Waals surface area contributed by atoms with Gasteiger partial charge in [-0.2, -0.15) is 8.42 Å². The minimum absolute atomic E-state index is 0.0125. The van der Waals surface area contributed by atoms with Crippen molar-refractivity contribution in [3.63, 3.8) is 0 Å². The minimum Gasteiger partial charge on any atom is -0.379 e. The van der Waals surface area contributed by atoms with Crippen molar-refractivity contribution in [3.8, 4) is 5.75 Å². The number of aryl methyl sites for hydroxylation is 1. The molecule has 3 rings (SSSR count). The molecule has 1 aliphatic rings. The number of ether oxygens (including phenoxy) is 1. The Labute approximate surface area is 159 Å². The van der Waals surface area contributed by atoms with Crippen LogP contribution in [0.2, 0.25) is 0 Å². The summed E-state index contributed by atoms with van der Waals surface area (Å²) in [6.45, 7) is 6.44. The molecule has 2 aromatic rings. The normalized spacial score (nSPS) is 17.6. The van der Waals surface area contributed by atoms with Crippen LogP contribution in [0.1, 0.15) is 17.2 Å². The molecule has 1 fully saturated rings. The lowest BCUT2D eigenvalue weighted by Crippen LogP contribution is -2.43. The zero-order valence-corrected chi connectivity index (χ0v) is 15.8. The van der Waals surface area contributed by atoms with Gasteiger partial charge in [-0.1, -0.05) is 35.9 Å². The Morgan fingerprint density at radius 1 is 1.19 bits per heavy atom. The molecule has 0 N–H and O–H groups in total. The van der Waals surface area contributed by atoms with Gasteiger partial charge in [0.15, 0.2) is 0 Å². The van der Waals surface area contributed by atoms with Gasteiger partial charge in [-0.05, 0) is 36.8 Å². The third kappa shape index (κ3) is 4.56. The lowest BCUT2D eigenvalue weighted by molar-refractivity contribution is -0.148. The second kappa shape index (κ2) is 7.94. The Bertz CT molecular complexity index is 920. The topological polar surface area (TPSA) is 72.9 Å². The third-order valence-electron chi connectivity index (χ3n) is 4.26. The highest BCUT2D eigenvalue weighted by Crippen LogP contribution is 2.26. The molecule has 27 heavy (non-hydrogen) atoms. The van der Waals surface area contributed by atoms with Crippen LogP contribution in [0.25, 0.3) is 0 Å². The maximum Gasteiger partial charge on any atom is 0.339 e. The number of carbonyl (C=O) groups excluding carboxylic acids is 1. The van der Waals surface area contributed by atoms with Gasteiger partial charge in [0.2, 0.25) is 5.91 Å². The molecule has 1 saturated heterocycles. The van der Waals surface area contributed by atoms with Crippen LogP contribution in [0.3, 0.4) is 0 Å². The van der Waals surface area contributed by atoms with Crippen molar-refractivity contribution in [2.45, 2.75) is 17.9 Å². The average molecular weight is 387 g/mol. The number of hydrogen-bond donors (Lipinski definition) is 0. The quantitative estimate of drug-likeness (QED) is 0.563. The molecule has 0 radical (unpaired) electrons. The SMILES string of the molecule is C=CCN1C[C@@H](c2ccc(OS(=O)(=O)c3ccc(C)cc3)cc2)OCC1=O. The molecule has 0 saturated carbocycles. The second-order valence-corrected chi connectivity index (χ2v) is 7.85. The van der Waals surface area contributed by atoms with E-state index in [0.717, 1.165) is 11.1 Å². The summed E-state index contributed by atoms with van der Waals surface area (Å²) < 4.78 is 35.5. The van der Waals surface area contributed by atoms with Crippen molar-refractivity contribution in [2.24, 2.45) is 0 Å². The molecule has 7 heteroatoms. The fourth-order valence-corrected chi connectivity index (χ4v) is 3.70. The van der Waals surface area contributed by atoms with Gasteiger partial charge in [-0.25, -0.2) is 0 Å². The zero-order chi connectivity index (χ0) is 19.4. The summed E-state index contributed by atoms with van der Waals surface area (Å²) in [6.07, 6.45) is 1.40. The van der Waals surface area contributed by atoms with Crippen LogP contribution < -0.4 is 4.18 Å². The van der Waals surface area contributed by atoms with E-state index in [4.69, 9.17) is 8.92 Å². The summed E-state index contributed by atoms with van der Waals surface area (Å²) in [5, 5.41) is 0. The van der Waals surface area contributed by atoms with Gasteiger partial charge in [0, 0.05) is 6.54 Å². The van der Waals surface area contributed by atoms with E-state index in [1.165, 1.54) is 12.1 Å². The largest absolute Gasteiger partial charge is 0.379 e. The Balaban J connectivity index is 1.71. The summed E-state index contributed by atoms with van der Waals surface area (Å²) in [5.41, 5.74) is 1.81. The van der Waals surface area contributed by atoms with E-state index in [1.807, 2.05) is 6.92 Å². The van der Waals surface area contributed by atoms with Crippen molar-refractivity contribution in [1.82, 2.24) is 4.90 Å². The molecule has 2 aromatic carbocycles. The van der Waals surface area contributed by atoms with Crippen LogP contribution in [0, 0.1) is 6.92 Å². The maximum absolute atomic E-state index is 12.4. The molecule has 6 nitrogen and oxygen atoms in total. The smallest absolute Gasteiger partial charge is 0.339 e. The standard InChI is InChI=1S/C20H21NO5S/c1-3-12-21-13-19(25-14-20(21)22)16-6-8-17(9-7-16)26-27(23,24)18-10-4-15(2)5-11-18/h3-11,19H,1,12-14H2,2H3/t19-/m0/s1. The number of nitrogens with zero attached hydrogens (tertiary/aromatic N) is 1. The van der Waals surface area contributed by atoms with Crippen molar-refractivity contribution in [2.75, 3.05) is 19.7 Å². The minimum atomic E-state index is -3.89. The first-order valence-electron chi connectivity index (χ1n) is 8.50. The first-order valence-corrected chi connectivity index (χ1v) is 9.91. The van der Waals surface area contributed by atoms with Gasteiger partial charge in [0.25, 0.3) is 0 Å². The van der Waals surface area contributed by atoms with E-state index >= 15 is 0 Å². The van der Waals surface area contributed by atoms with Crippen LogP contribution in [-0.2, 0) is 19.6 Å². The first-order chi connectivity index (χ1) is 12.9. The molecule has 0 aliphatic carbocycles. The average Bonchev–Trinajstić information content (AvgIpc) is 2.64. The number of morpholine rings is 1. The highest BCUT2D eigenvalue weighted by Gasteiger charge is 2.26. The molecular weight excluding hydrogens is 366 g/mol. The molecule has 1 aliphatic heterocycles. The number of carbonyl (C=O) groups is 1. The highest BCUT2D eigenvalue weighted by atomic mass is 32.2. The van der Waals surface area contributed by atoms with E-state index in [9.17, 15) is 13.2 Å². The van der Waals surface area contributed by atoms with Crippen LogP contribution >= 0.6 is 0 Å². The van der Waals surface area contributed by atoms with E-state index < -0.39 is 10.1 Å². The Kier molecular flexibility index (Phi) is 5.62. The molecule has 0 unspecified atom stereocenters. The van der Waals surface area contributed by atoms with Crippen LogP contribution in [0.4, 0.5) is 0 Å². The molecule has 0 bridgehead atoms. The zero-order valence-electron chi connectivity index (χ0n) is 15.0. The fraction of sp³-hybridized carbons (Fsp3) is 0.250. The third-order valence-corrected chi connectivity index (χ3v) is 5.53. The van der Waals surface area contributed by atoms with Gasteiger partial charge >= 0.3 is 10.1 Å².